The first-order valence-corrected chi connectivity index (χ1v) is 7.84. The smallest absolute Gasteiger partial charge is 0.0767 e. The molecule has 0 amide bonds. The van der Waals surface area contributed by atoms with E-state index in [-0.39, 0.29) is 0 Å². The van der Waals surface area contributed by atoms with Gasteiger partial charge in [0.1, 0.15) is 0 Å². The van der Waals surface area contributed by atoms with E-state index in [4.69, 9.17) is 4.74 Å². The summed E-state index contributed by atoms with van der Waals surface area (Å²) in [5, 5.41) is 7.92. The van der Waals surface area contributed by atoms with Crippen LogP contribution < -0.4 is 5.32 Å². The van der Waals surface area contributed by atoms with E-state index < -0.39 is 0 Å². The Morgan fingerprint density at radius 3 is 2.74 bits per heavy atom. The van der Waals surface area contributed by atoms with Crippen molar-refractivity contribution in [3.8, 4) is 0 Å². The predicted octanol–water partition coefficient (Wildman–Crippen LogP) is 2.90. The van der Waals surface area contributed by atoms with Crippen LogP contribution in [0.3, 0.4) is 0 Å². The molecule has 0 aliphatic rings. The Kier molecular flexibility index (Phi) is 7.64. The summed E-state index contributed by atoms with van der Waals surface area (Å²) in [5.74, 6) is 0.617. The first-order valence-electron chi connectivity index (χ1n) is 7.05. The van der Waals surface area contributed by atoms with Gasteiger partial charge in [0, 0.05) is 26.8 Å². The number of ether oxygens (including phenoxy) is 1. The molecule has 4 nitrogen and oxygen atoms in total. The molecule has 0 radical (unpaired) electrons. The molecule has 0 aliphatic carbocycles. The number of halogens is 1. The van der Waals surface area contributed by atoms with Gasteiger partial charge < -0.3 is 10.1 Å². The van der Waals surface area contributed by atoms with Crippen LogP contribution in [0.4, 0.5) is 0 Å². The minimum absolute atomic E-state index is 0.617. The van der Waals surface area contributed by atoms with Gasteiger partial charge in [-0.1, -0.05) is 20.8 Å². The summed E-state index contributed by atoms with van der Waals surface area (Å²) in [5.41, 5.74) is 2.33. The number of nitrogens with zero attached hydrogens (tertiary/aromatic N) is 2. The van der Waals surface area contributed by atoms with Gasteiger partial charge in [0.2, 0.25) is 0 Å². The first-order chi connectivity index (χ1) is 9.06. The fourth-order valence-corrected chi connectivity index (χ4v) is 2.59. The SMILES string of the molecule is CCc1nn(C)c(CNCCCOCC(C)C)c1Br. The van der Waals surface area contributed by atoms with Gasteiger partial charge in [-0.25, -0.2) is 0 Å². The Bertz CT molecular complexity index is 377. The molecule has 0 spiro atoms. The van der Waals surface area contributed by atoms with Crippen LogP contribution in [0.2, 0.25) is 0 Å². The van der Waals surface area contributed by atoms with Crippen LogP contribution in [0.25, 0.3) is 0 Å². The van der Waals surface area contributed by atoms with Crippen molar-refractivity contribution in [2.75, 3.05) is 19.8 Å². The van der Waals surface area contributed by atoms with Crippen molar-refractivity contribution in [3.05, 3.63) is 15.9 Å². The molecule has 1 aromatic heterocycles. The van der Waals surface area contributed by atoms with Gasteiger partial charge in [-0.2, -0.15) is 5.10 Å². The fourth-order valence-electron chi connectivity index (χ4n) is 1.84. The van der Waals surface area contributed by atoms with Crippen LogP contribution >= 0.6 is 15.9 Å². The molecular weight excluding hydrogens is 306 g/mol. The van der Waals surface area contributed by atoms with Crippen LogP contribution in [-0.4, -0.2) is 29.5 Å². The second kappa shape index (κ2) is 8.72. The lowest BCUT2D eigenvalue weighted by Crippen LogP contribution is -2.19. The summed E-state index contributed by atoms with van der Waals surface area (Å²) in [4.78, 5) is 0. The number of rotatable bonds is 9. The van der Waals surface area contributed by atoms with Gasteiger partial charge in [-0.05, 0) is 41.2 Å². The average molecular weight is 332 g/mol. The molecule has 0 bridgehead atoms. The largest absolute Gasteiger partial charge is 0.381 e. The fraction of sp³-hybridized carbons (Fsp3) is 0.786. The zero-order chi connectivity index (χ0) is 14.3. The summed E-state index contributed by atoms with van der Waals surface area (Å²) >= 11 is 3.62. The third-order valence-electron chi connectivity index (χ3n) is 2.89. The number of hydrogen-bond acceptors (Lipinski definition) is 3. The maximum absolute atomic E-state index is 5.55. The summed E-state index contributed by atoms with van der Waals surface area (Å²) in [6, 6.07) is 0. The summed E-state index contributed by atoms with van der Waals surface area (Å²) in [6.45, 7) is 9.96. The molecule has 5 heteroatoms. The van der Waals surface area contributed by atoms with E-state index >= 15 is 0 Å². The Morgan fingerprint density at radius 2 is 2.16 bits per heavy atom. The summed E-state index contributed by atoms with van der Waals surface area (Å²) in [6.07, 6.45) is 2.00. The Labute approximate surface area is 125 Å². The minimum Gasteiger partial charge on any atom is -0.381 e. The van der Waals surface area contributed by atoms with E-state index in [9.17, 15) is 0 Å². The normalized spacial score (nSPS) is 11.5. The van der Waals surface area contributed by atoms with Gasteiger partial charge in [-0.15, -0.1) is 0 Å². The summed E-state index contributed by atoms with van der Waals surface area (Å²) in [7, 11) is 1.99. The zero-order valence-corrected chi connectivity index (χ0v) is 14.1. The van der Waals surface area contributed by atoms with E-state index in [1.165, 1.54) is 5.69 Å². The topological polar surface area (TPSA) is 39.1 Å². The highest BCUT2D eigenvalue weighted by molar-refractivity contribution is 9.10. The molecule has 0 aromatic carbocycles. The summed E-state index contributed by atoms with van der Waals surface area (Å²) < 4.78 is 8.64. The Morgan fingerprint density at radius 1 is 1.42 bits per heavy atom. The first kappa shape index (κ1) is 16.7. The third-order valence-corrected chi connectivity index (χ3v) is 3.80. The maximum Gasteiger partial charge on any atom is 0.0767 e. The van der Waals surface area contributed by atoms with E-state index in [1.54, 1.807) is 0 Å². The van der Waals surface area contributed by atoms with E-state index in [1.807, 2.05) is 11.7 Å². The monoisotopic (exact) mass is 331 g/mol. The molecule has 1 heterocycles. The molecule has 0 saturated carbocycles. The van der Waals surface area contributed by atoms with E-state index in [0.717, 1.165) is 49.3 Å². The molecule has 1 aromatic rings. The lowest BCUT2D eigenvalue weighted by molar-refractivity contribution is 0.108. The highest BCUT2D eigenvalue weighted by atomic mass is 79.9. The number of hydrogen-bond donors (Lipinski definition) is 1. The van der Waals surface area contributed by atoms with Gasteiger partial charge in [0.25, 0.3) is 0 Å². The molecule has 110 valence electrons. The van der Waals surface area contributed by atoms with Gasteiger partial charge in [0.05, 0.1) is 15.9 Å². The van der Waals surface area contributed by atoms with Crippen LogP contribution in [0, 0.1) is 5.92 Å². The standard InChI is InChI=1S/C14H26BrN3O/c1-5-12-14(15)13(18(4)17-12)9-16-7-6-8-19-10-11(2)3/h11,16H,5-10H2,1-4H3. The number of aromatic nitrogens is 2. The second-order valence-electron chi connectivity index (χ2n) is 5.18. The molecular formula is C14H26BrN3O. The molecule has 19 heavy (non-hydrogen) atoms. The molecule has 1 N–H and O–H groups in total. The van der Waals surface area contributed by atoms with Crippen LogP contribution in [0.5, 0.6) is 0 Å². The predicted molar refractivity (Wildman–Crippen MR) is 82.3 cm³/mol. The van der Waals surface area contributed by atoms with Crippen LogP contribution in [0.15, 0.2) is 4.47 Å². The lowest BCUT2D eigenvalue weighted by atomic mass is 10.2. The minimum atomic E-state index is 0.617. The van der Waals surface area contributed by atoms with Crippen molar-refractivity contribution >= 4 is 15.9 Å². The molecule has 0 atom stereocenters. The Balaban J connectivity index is 2.21. The highest BCUT2D eigenvalue weighted by Gasteiger charge is 2.11. The van der Waals surface area contributed by atoms with Crippen molar-refractivity contribution in [1.82, 2.24) is 15.1 Å². The number of nitrogens with one attached hydrogen (secondary N) is 1. The van der Waals surface area contributed by atoms with Crippen molar-refractivity contribution in [1.29, 1.82) is 0 Å². The van der Waals surface area contributed by atoms with Gasteiger partial charge in [0.15, 0.2) is 0 Å². The number of aryl methyl sites for hydroxylation is 2. The Hall–Kier alpha value is -0.390. The van der Waals surface area contributed by atoms with Crippen molar-refractivity contribution in [3.63, 3.8) is 0 Å². The molecule has 0 saturated heterocycles. The van der Waals surface area contributed by atoms with Gasteiger partial charge >= 0.3 is 0 Å². The highest BCUT2D eigenvalue weighted by Crippen LogP contribution is 2.21. The van der Waals surface area contributed by atoms with Crippen LogP contribution in [-0.2, 0) is 24.8 Å². The maximum atomic E-state index is 5.55. The zero-order valence-electron chi connectivity index (χ0n) is 12.5. The lowest BCUT2D eigenvalue weighted by Gasteiger charge is -2.08. The average Bonchev–Trinajstić information content (AvgIpc) is 2.64. The van der Waals surface area contributed by atoms with E-state index in [0.29, 0.717) is 5.92 Å². The van der Waals surface area contributed by atoms with Gasteiger partial charge in [-0.3, -0.25) is 4.68 Å². The molecule has 0 fully saturated rings. The molecule has 1 rings (SSSR count). The van der Waals surface area contributed by atoms with Crippen molar-refractivity contribution < 1.29 is 4.74 Å². The van der Waals surface area contributed by atoms with Crippen molar-refractivity contribution in [2.24, 2.45) is 13.0 Å². The third kappa shape index (κ3) is 5.63. The van der Waals surface area contributed by atoms with E-state index in [2.05, 4.69) is 47.1 Å². The molecule has 0 unspecified atom stereocenters. The molecule has 0 aliphatic heterocycles. The quantitative estimate of drug-likeness (QED) is 0.707. The van der Waals surface area contributed by atoms with Crippen molar-refractivity contribution in [2.45, 2.75) is 40.2 Å². The van der Waals surface area contributed by atoms with Crippen LogP contribution in [0.1, 0.15) is 38.6 Å². The second-order valence-corrected chi connectivity index (χ2v) is 5.98.